The largest absolute Gasteiger partial charge is 0.306 e. The topological polar surface area (TPSA) is 3.24 Å². The fourth-order valence-corrected chi connectivity index (χ4v) is 1.75. The van der Waals surface area contributed by atoms with Crippen LogP contribution >= 0.6 is 0 Å². The van der Waals surface area contributed by atoms with E-state index in [0.717, 1.165) is 17.8 Å². The maximum atomic E-state index is 2.47. The lowest BCUT2D eigenvalue weighted by Gasteiger charge is -2.18. The molecule has 0 spiro atoms. The molecule has 0 aromatic carbocycles. The molecule has 0 aromatic heterocycles. The highest BCUT2D eigenvalue weighted by Crippen LogP contribution is 2.37. The molecule has 1 heteroatoms. The van der Waals surface area contributed by atoms with Gasteiger partial charge in [0.05, 0.1) is 0 Å². The van der Waals surface area contributed by atoms with Crippen molar-refractivity contribution in [2.24, 2.45) is 17.8 Å². The molecule has 0 amide bonds. The molecule has 0 heterocycles. The minimum Gasteiger partial charge on any atom is -0.306 e. The SMILES string of the molecule is CC(C)CN(C)CC1CC1C. The normalized spacial score (nSPS) is 30.0. The van der Waals surface area contributed by atoms with Gasteiger partial charge in [0.2, 0.25) is 0 Å². The van der Waals surface area contributed by atoms with Crippen molar-refractivity contribution in [1.29, 1.82) is 0 Å². The van der Waals surface area contributed by atoms with E-state index in [1.807, 2.05) is 0 Å². The van der Waals surface area contributed by atoms with Crippen molar-refractivity contribution in [3.63, 3.8) is 0 Å². The fourth-order valence-electron chi connectivity index (χ4n) is 1.75. The van der Waals surface area contributed by atoms with Crippen LogP contribution in [-0.4, -0.2) is 25.0 Å². The zero-order chi connectivity index (χ0) is 8.43. The zero-order valence-electron chi connectivity index (χ0n) is 8.30. The second kappa shape index (κ2) is 3.57. The number of nitrogens with zero attached hydrogens (tertiary/aromatic N) is 1. The smallest absolute Gasteiger partial charge is 0.000937 e. The summed E-state index contributed by atoms with van der Waals surface area (Å²) in [6.07, 6.45) is 1.46. The summed E-state index contributed by atoms with van der Waals surface area (Å²) in [6, 6.07) is 0. The van der Waals surface area contributed by atoms with E-state index in [4.69, 9.17) is 0 Å². The quantitative estimate of drug-likeness (QED) is 0.602. The Labute approximate surface area is 70.8 Å². The van der Waals surface area contributed by atoms with Gasteiger partial charge in [-0.15, -0.1) is 0 Å². The van der Waals surface area contributed by atoms with E-state index >= 15 is 0 Å². The second-order valence-corrected chi connectivity index (χ2v) is 4.59. The third-order valence-corrected chi connectivity index (χ3v) is 2.50. The van der Waals surface area contributed by atoms with Crippen LogP contribution in [0.1, 0.15) is 27.2 Å². The van der Waals surface area contributed by atoms with Gasteiger partial charge in [-0.05, 0) is 31.2 Å². The maximum Gasteiger partial charge on any atom is 0.000937 e. The molecular formula is C10H21N. The lowest BCUT2D eigenvalue weighted by Crippen LogP contribution is -2.25. The first-order chi connectivity index (χ1) is 5.09. The average molecular weight is 155 g/mol. The van der Waals surface area contributed by atoms with Crippen LogP contribution < -0.4 is 0 Å². The van der Waals surface area contributed by atoms with E-state index in [0.29, 0.717) is 0 Å². The van der Waals surface area contributed by atoms with Crippen LogP contribution in [0.2, 0.25) is 0 Å². The Balaban J connectivity index is 2.06. The first-order valence-electron chi connectivity index (χ1n) is 4.78. The van der Waals surface area contributed by atoms with Crippen molar-refractivity contribution < 1.29 is 0 Å². The highest BCUT2D eigenvalue weighted by molar-refractivity contribution is 4.84. The summed E-state index contributed by atoms with van der Waals surface area (Å²) in [5, 5.41) is 0. The van der Waals surface area contributed by atoms with Crippen LogP contribution in [0.5, 0.6) is 0 Å². The molecule has 1 saturated carbocycles. The molecule has 1 nitrogen and oxygen atoms in total. The van der Waals surface area contributed by atoms with Crippen molar-refractivity contribution in [2.75, 3.05) is 20.1 Å². The molecule has 1 aliphatic carbocycles. The van der Waals surface area contributed by atoms with Crippen LogP contribution in [0.3, 0.4) is 0 Å². The molecule has 66 valence electrons. The van der Waals surface area contributed by atoms with Crippen molar-refractivity contribution in [2.45, 2.75) is 27.2 Å². The lowest BCUT2D eigenvalue weighted by atomic mass is 10.2. The molecule has 1 fully saturated rings. The monoisotopic (exact) mass is 155 g/mol. The molecular weight excluding hydrogens is 134 g/mol. The molecule has 2 atom stereocenters. The van der Waals surface area contributed by atoms with Crippen LogP contribution in [0.25, 0.3) is 0 Å². The van der Waals surface area contributed by atoms with Gasteiger partial charge >= 0.3 is 0 Å². The molecule has 0 N–H and O–H groups in total. The molecule has 0 aromatic rings. The lowest BCUT2D eigenvalue weighted by molar-refractivity contribution is 0.280. The summed E-state index contributed by atoms with van der Waals surface area (Å²) < 4.78 is 0. The summed E-state index contributed by atoms with van der Waals surface area (Å²) in [5.41, 5.74) is 0. The summed E-state index contributed by atoms with van der Waals surface area (Å²) >= 11 is 0. The second-order valence-electron chi connectivity index (χ2n) is 4.59. The Bertz CT molecular complexity index is 120. The first-order valence-corrected chi connectivity index (χ1v) is 4.78. The Morgan fingerprint density at radius 1 is 1.45 bits per heavy atom. The number of hydrogen-bond acceptors (Lipinski definition) is 1. The van der Waals surface area contributed by atoms with Crippen LogP contribution in [-0.2, 0) is 0 Å². The van der Waals surface area contributed by atoms with Crippen LogP contribution in [0.15, 0.2) is 0 Å². The minimum atomic E-state index is 0.814. The van der Waals surface area contributed by atoms with Gasteiger partial charge in [-0.1, -0.05) is 20.8 Å². The Kier molecular flexibility index (Phi) is 2.94. The van der Waals surface area contributed by atoms with E-state index < -0.39 is 0 Å². The highest BCUT2D eigenvalue weighted by Gasteiger charge is 2.32. The molecule has 11 heavy (non-hydrogen) atoms. The van der Waals surface area contributed by atoms with Gasteiger partial charge in [0, 0.05) is 13.1 Å². The van der Waals surface area contributed by atoms with Gasteiger partial charge in [-0.25, -0.2) is 0 Å². The molecule has 0 bridgehead atoms. The van der Waals surface area contributed by atoms with Crippen molar-refractivity contribution >= 4 is 0 Å². The Morgan fingerprint density at radius 3 is 2.36 bits per heavy atom. The fraction of sp³-hybridized carbons (Fsp3) is 1.00. The minimum absolute atomic E-state index is 0.814. The third kappa shape index (κ3) is 3.24. The molecule has 1 rings (SSSR count). The van der Waals surface area contributed by atoms with Crippen molar-refractivity contribution in [3.05, 3.63) is 0 Å². The summed E-state index contributed by atoms with van der Waals surface area (Å²) in [6.45, 7) is 9.50. The van der Waals surface area contributed by atoms with Crippen molar-refractivity contribution in [1.82, 2.24) is 4.90 Å². The molecule has 0 aliphatic heterocycles. The molecule has 0 saturated heterocycles. The van der Waals surface area contributed by atoms with Gasteiger partial charge in [-0.3, -0.25) is 0 Å². The summed E-state index contributed by atoms with van der Waals surface area (Å²) in [5.74, 6) is 2.83. The van der Waals surface area contributed by atoms with Gasteiger partial charge in [0.1, 0.15) is 0 Å². The zero-order valence-corrected chi connectivity index (χ0v) is 8.30. The van der Waals surface area contributed by atoms with E-state index in [2.05, 4.69) is 32.7 Å². The highest BCUT2D eigenvalue weighted by atomic mass is 15.1. The first kappa shape index (κ1) is 9.05. The summed E-state index contributed by atoms with van der Waals surface area (Å²) in [7, 11) is 2.24. The van der Waals surface area contributed by atoms with Crippen LogP contribution in [0.4, 0.5) is 0 Å². The summed E-state index contributed by atoms with van der Waals surface area (Å²) in [4.78, 5) is 2.47. The van der Waals surface area contributed by atoms with Gasteiger partial charge < -0.3 is 4.90 Å². The number of rotatable bonds is 4. The van der Waals surface area contributed by atoms with E-state index in [9.17, 15) is 0 Å². The average Bonchev–Trinajstić information content (AvgIpc) is 2.43. The van der Waals surface area contributed by atoms with E-state index in [1.54, 1.807) is 0 Å². The van der Waals surface area contributed by atoms with Gasteiger partial charge in [0.15, 0.2) is 0 Å². The Morgan fingerprint density at radius 2 is 2.00 bits per heavy atom. The third-order valence-electron chi connectivity index (χ3n) is 2.50. The standard InChI is InChI=1S/C10H21N/c1-8(2)6-11(4)7-10-5-9(10)3/h8-10H,5-7H2,1-4H3. The van der Waals surface area contributed by atoms with Crippen LogP contribution in [0, 0.1) is 17.8 Å². The number of hydrogen-bond donors (Lipinski definition) is 0. The van der Waals surface area contributed by atoms with E-state index in [1.165, 1.54) is 19.5 Å². The predicted octanol–water partition coefficient (Wildman–Crippen LogP) is 2.23. The molecule has 2 unspecified atom stereocenters. The Hall–Kier alpha value is -0.0400. The van der Waals surface area contributed by atoms with Crippen molar-refractivity contribution in [3.8, 4) is 0 Å². The predicted molar refractivity (Wildman–Crippen MR) is 49.6 cm³/mol. The van der Waals surface area contributed by atoms with Gasteiger partial charge in [-0.2, -0.15) is 0 Å². The van der Waals surface area contributed by atoms with Gasteiger partial charge in [0.25, 0.3) is 0 Å². The molecule has 1 aliphatic rings. The maximum absolute atomic E-state index is 2.47. The molecule has 0 radical (unpaired) electrons. The van der Waals surface area contributed by atoms with E-state index in [-0.39, 0.29) is 0 Å².